The number of benzene rings is 1. The Morgan fingerprint density at radius 2 is 2.04 bits per heavy atom. The zero-order valence-corrected chi connectivity index (χ0v) is 16.1. The molecule has 0 fully saturated rings. The van der Waals surface area contributed by atoms with E-state index in [0.717, 1.165) is 28.3 Å². The van der Waals surface area contributed by atoms with Crippen LogP contribution >= 0.6 is 11.3 Å². The van der Waals surface area contributed by atoms with E-state index in [2.05, 4.69) is 15.3 Å². The van der Waals surface area contributed by atoms with Crippen LogP contribution in [0.25, 0.3) is 10.6 Å². The number of nitrogens with one attached hydrogen (secondary N) is 1. The fourth-order valence-electron chi connectivity index (χ4n) is 2.40. The Kier molecular flexibility index (Phi) is 6.38. The molecule has 7 heteroatoms. The third kappa shape index (κ3) is 4.83. The highest BCUT2D eigenvalue weighted by Crippen LogP contribution is 2.25. The minimum atomic E-state index is -0.226. The number of amides is 1. The van der Waals surface area contributed by atoms with Crippen LogP contribution in [0.1, 0.15) is 29.4 Å². The van der Waals surface area contributed by atoms with Crippen molar-refractivity contribution in [2.75, 3.05) is 13.7 Å². The van der Waals surface area contributed by atoms with Crippen LogP contribution in [0.15, 0.2) is 48.0 Å². The second-order valence-corrected chi connectivity index (χ2v) is 6.62. The Labute approximate surface area is 162 Å². The molecule has 0 aliphatic carbocycles. The Morgan fingerprint density at radius 1 is 1.22 bits per heavy atom. The molecule has 0 bridgehead atoms. The lowest BCUT2D eigenvalue weighted by Crippen LogP contribution is -2.23. The zero-order chi connectivity index (χ0) is 19.1. The number of rotatable bonds is 8. The van der Waals surface area contributed by atoms with E-state index in [0.29, 0.717) is 24.7 Å². The molecule has 27 heavy (non-hydrogen) atoms. The summed E-state index contributed by atoms with van der Waals surface area (Å²) in [5, 5.41) is 5.43. The van der Waals surface area contributed by atoms with Gasteiger partial charge >= 0.3 is 0 Å². The number of hydrogen-bond acceptors (Lipinski definition) is 6. The molecule has 1 N–H and O–H groups in total. The zero-order valence-electron chi connectivity index (χ0n) is 15.3. The van der Waals surface area contributed by atoms with E-state index in [9.17, 15) is 4.79 Å². The van der Waals surface area contributed by atoms with Gasteiger partial charge in [-0.1, -0.05) is 13.0 Å². The average Bonchev–Trinajstić information content (AvgIpc) is 3.21. The van der Waals surface area contributed by atoms with Crippen LogP contribution in [-0.2, 0) is 6.54 Å². The largest absolute Gasteiger partial charge is 0.497 e. The summed E-state index contributed by atoms with van der Waals surface area (Å²) in [4.78, 5) is 21.1. The van der Waals surface area contributed by atoms with Gasteiger partial charge in [0.05, 0.1) is 13.7 Å². The average molecular weight is 383 g/mol. The van der Waals surface area contributed by atoms with Gasteiger partial charge in [-0.3, -0.25) is 4.79 Å². The summed E-state index contributed by atoms with van der Waals surface area (Å²) in [7, 11) is 1.63. The SMILES string of the molecule is CCCOc1ncccc1CNC(=O)c1csc(-c2ccc(OC)cc2)n1. The third-order valence-corrected chi connectivity index (χ3v) is 4.70. The predicted octanol–water partition coefficient (Wildman–Crippen LogP) is 3.93. The monoisotopic (exact) mass is 383 g/mol. The minimum absolute atomic E-state index is 0.226. The minimum Gasteiger partial charge on any atom is -0.497 e. The molecule has 1 amide bonds. The fourth-order valence-corrected chi connectivity index (χ4v) is 3.20. The number of ether oxygens (including phenoxy) is 2. The van der Waals surface area contributed by atoms with Gasteiger partial charge in [0, 0.05) is 29.2 Å². The van der Waals surface area contributed by atoms with E-state index in [1.165, 1.54) is 11.3 Å². The van der Waals surface area contributed by atoms with E-state index < -0.39 is 0 Å². The normalized spacial score (nSPS) is 10.4. The van der Waals surface area contributed by atoms with Crippen LogP contribution in [0.4, 0.5) is 0 Å². The molecule has 2 aromatic heterocycles. The fraction of sp³-hybridized carbons (Fsp3) is 0.250. The van der Waals surface area contributed by atoms with Crippen molar-refractivity contribution in [3.8, 4) is 22.2 Å². The number of aromatic nitrogens is 2. The van der Waals surface area contributed by atoms with Gasteiger partial charge in [0.15, 0.2) is 0 Å². The molecule has 0 radical (unpaired) electrons. The van der Waals surface area contributed by atoms with Crippen molar-refractivity contribution in [2.45, 2.75) is 19.9 Å². The standard InChI is InChI=1S/C20H21N3O3S/c1-3-11-26-19-15(5-4-10-21-19)12-22-18(24)17-13-27-20(23-17)14-6-8-16(25-2)9-7-14/h4-10,13H,3,11-12H2,1-2H3,(H,22,24). The van der Waals surface area contributed by atoms with Gasteiger partial charge in [-0.05, 0) is 36.8 Å². The molecule has 0 saturated carbocycles. The van der Waals surface area contributed by atoms with E-state index in [1.807, 2.05) is 43.3 Å². The number of thiazole rings is 1. The smallest absolute Gasteiger partial charge is 0.271 e. The summed E-state index contributed by atoms with van der Waals surface area (Å²) in [6, 6.07) is 11.3. The molecule has 0 aliphatic heterocycles. The number of carbonyl (C=O) groups is 1. The lowest BCUT2D eigenvalue weighted by Gasteiger charge is -2.09. The van der Waals surface area contributed by atoms with E-state index in [1.54, 1.807) is 18.7 Å². The first-order chi connectivity index (χ1) is 13.2. The highest BCUT2D eigenvalue weighted by Gasteiger charge is 2.13. The maximum Gasteiger partial charge on any atom is 0.271 e. The van der Waals surface area contributed by atoms with Gasteiger partial charge in [-0.25, -0.2) is 9.97 Å². The van der Waals surface area contributed by atoms with Crippen molar-refractivity contribution in [3.63, 3.8) is 0 Å². The summed E-state index contributed by atoms with van der Waals surface area (Å²) >= 11 is 1.43. The van der Waals surface area contributed by atoms with E-state index in [-0.39, 0.29) is 5.91 Å². The molecule has 0 unspecified atom stereocenters. The van der Waals surface area contributed by atoms with Crippen LogP contribution in [0.5, 0.6) is 11.6 Å². The van der Waals surface area contributed by atoms with Crippen LogP contribution in [-0.4, -0.2) is 29.6 Å². The number of hydrogen-bond donors (Lipinski definition) is 1. The molecule has 2 heterocycles. The Balaban J connectivity index is 1.64. The second kappa shape index (κ2) is 9.14. The van der Waals surface area contributed by atoms with Crippen molar-refractivity contribution >= 4 is 17.2 Å². The number of pyridine rings is 1. The summed E-state index contributed by atoms with van der Waals surface area (Å²) in [5.41, 5.74) is 2.18. The Bertz CT molecular complexity index is 893. The van der Waals surface area contributed by atoms with Gasteiger partial charge < -0.3 is 14.8 Å². The lowest BCUT2D eigenvalue weighted by molar-refractivity contribution is 0.0946. The molecule has 0 atom stereocenters. The van der Waals surface area contributed by atoms with Gasteiger partial charge in [0.25, 0.3) is 5.91 Å². The number of methoxy groups -OCH3 is 1. The molecule has 140 valence electrons. The van der Waals surface area contributed by atoms with Gasteiger partial charge in [-0.15, -0.1) is 11.3 Å². The first-order valence-electron chi connectivity index (χ1n) is 8.66. The van der Waals surface area contributed by atoms with E-state index in [4.69, 9.17) is 9.47 Å². The molecule has 3 aromatic rings. The highest BCUT2D eigenvalue weighted by molar-refractivity contribution is 7.13. The van der Waals surface area contributed by atoms with Gasteiger partial charge in [0.1, 0.15) is 16.5 Å². The van der Waals surface area contributed by atoms with Crippen molar-refractivity contribution in [1.29, 1.82) is 0 Å². The highest BCUT2D eigenvalue weighted by atomic mass is 32.1. The third-order valence-electron chi connectivity index (χ3n) is 3.81. The van der Waals surface area contributed by atoms with E-state index >= 15 is 0 Å². The Hall–Kier alpha value is -2.93. The predicted molar refractivity (Wildman–Crippen MR) is 105 cm³/mol. The van der Waals surface area contributed by atoms with Crippen molar-refractivity contribution in [1.82, 2.24) is 15.3 Å². The van der Waals surface area contributed by atoms with Crippen molar-refractivity contribution in [2.24, 2.45) is 0 Å². The van der Waals surface area contributed by atoms with Crippen LogP contribution in [0.3, 0.4) is 0 Å². The van der Waals surface area contributed by atoms with Crippen molar-refractivity contribution < 1.29 is 14.3 Å². The van der Waals surface area contributed by atoms with Crippen LogP contribution in [0.2, 0.25) is 0 Å². The first kappa shape index (κ1) is 18.8. The van der Waals surface area contributed by atoms with Crippen LogP contribution < -0.4 is 14.8 Å². The maximum absolute atomic E-state index is 12.4. The summed E-state index contributed by atoms with van der Waals surface area (Å²) in [5.74, 6) is 1.11. The number of nitrogens with zero attached hydrogens (tertiary/aromatic N) is 2. The summed E-state index contributed by atoms with van der Waals surface area (Å²) in [6.45, 7) is 2.96. The molecular formula is C20H21N3O3S. The lowest BCUT2D eigenvalue weighted by atomic mass is 10.2. The van der Waals surface area contributed by atoms with Gasteiger partial charge in [0.2, 0.25) is 5.88 Å². The molecule has 0 saturated heterocycles. The first-order valence-corrected chi connectivity index (χ1v) is 9.54. The second-order valence-electron chi connectivity index (χ2n) is 5.77. The maximum atomic E-state index is 12.4. The molecule has 6 nitrogen and oxygen atoms in total. The molecule has 1 aromatic carbocycles. The molecular weight excluding hydrogens is 362 g/mol. The van der Waals surface area contributed by atoms with Gasteiger partial charge in [-0.2, -0.15) is 0 Å². The van der Waals surface area contributed by atoms with Crippen molar-refractivity contribution in [3.05, 3.63) is 59.2 Å². The summed E-state index contributed by atoms with van der Waals surface area (Å²) < 4.78 is 10.8. The molecule has 0 spiro atoms. The molecule has 0 aliphatic rings. The van der Waals surface area contributed by atoms with Crippen LogP contribution in [0, 0.1) is 0 Å². The summed E-state index contributed by atoms with van der Waals surface area (Å²) in [6.07, 6.45) is 2.58. The Morgan fingerprint density at radius 3 is 2.78 bits per heavy atom. The quantitative estimate of drug-likeness (QED) is 0.638. The molecule has 3 rings (SSSR count). The number of carbonyl (C=O) groups excluding carboxylic acids is 1. The topological polar surface area (TPSA) is 73.3 Å².